The molecule has 0 heterocycles. The van der Waals surface area contributed by atoms with Gasteiger partial charge in [-0.15, -0.1) is 0 Å². The Bertz CT molecular complexity index is 254. The summed E-state index contributed by atoms with van der Waals surface area (Å²) in [6, 6.07) is 0. The van der Waals surface area contributed by atoms with Crippen molar-refractivity contribution in [3.05, 3.63) is 0 Å². The molecule has 0 unspecified atom stereocenters. The number of hydrogen-bond acceptors (Lipinski definition) is 6. The third-order valence-electron chi connectivity index (χ3n) is 1.74. The molecule has 106 valence electrons. The minimum atomic E-state index is -0.625. The van der Waals surface area contributed by atoms with Crippen LogP contribution in [0.5, 0.6) is 0 Å². The van der Waals surface area contributed by atoms with E-state index in [-0.39, 0.29) is 13.2 Å². The van der Waals surface area contributed by atoms with E-state index in [1.54, 1.807) is 41.5 Å². The fraction of sp³-hybridized carbons (Fsp3) is 0.833. The van der Waals surface area contributed by atoms with Crippen LogP contribution < -0.4 is 0 Å². The maximum absolute atomic E-state index is 11.3. The largest absolute Gasteiger partial charge is 0.347 e. The Balaban J connectivity index is 3.60. The summed E-state index contributed by atoms with van der Waals surface area (Å²) >= 11 is 0. The normalized spacial score (nSPS) is 12.1. The summed E-state index contributed by atoms with van der Waals surface area (Å²) in [5.74, 6) is -0.955. The molecule has 0 aliphatic carbocycles. The van der Waals surface area contributed by atoms with E-state index in [9.17, 15) is 9.59 Å². The first kappa shape index (κ1) is 16.9. The van der Waals surface area contributed by atoms with Gasteiger partial charge >= 0.3 is 11.9 Å². The Morgan fingerprint density at radius 2 is 1.00 bits per heavy atom. The van der Waals surface area contributed by atoms with Crippen molar-refractivity contribution in [2.45, 2.75) is 41.5 Å². The van der Waals surface area contributed by atoms with Crippen LogP contribution in [0.25, 0.3) is 0 Å². The molecule has 6 heteroatoms. The minimum absolute atomic E-state index is 0.0146. The highest BCUT2D eigenvalue weighted by molar-refractivity contribution is 5.75. The first-order chi connectivity index (χ1) is 8.05. The van der Waals surface area contributed by atoms with Crippen LogP contribution in [0.3, 0.4) is 0 Å². The Kier molecular flexibility index (Phi) is 6.28. The molecule has 0 aromatic rings. The van der Waals surface area contributed by atoms with E-state index in [1.807, 2.05) is 0 Å². The van der Waals surface area contributed by atoms with E-state index in [4.69, 9.17) is 0 Å². The topological polar surface area (TPSA) is 71.1 Å². The van der Waals surface area contributed by atoms with Crippen molar-refractivity contribution in [2.24, 2.45) is 10.8 Å². The molecule has 0 amide bonds. The second-order valence-electron chi connectivity index (χ2n) is 5.89. The van der Waals surface area contributed by atoms with Gasteiger partial charge < -0.3 is 0 Å². The Morgan fingerprint density at radius 1 is 0.722 bits per heavy atom. The van der Waals surface area contributed by atoms with Crippen LogP contribution in [0, 0.1) is 10.8 Å². The molecule has 0 bridgehead atoms. The zero-order valence-electron chi connectivity index (χ0n) is 11.9. The molecule has 18 heavy (non-hydrogen) atoms. The lowest BCUT2D eigenvalue weighted by atomic mass is 9.98. The van der Waals surface area contributed by atoms with E-state index < -0.39 is 22.8 Å². The molecule has 0 aromatic carbocycles. The summed E-state index contributed by atoms with van der Waals surface area (Å²) in [5, 5.41) is 0. The second kappa shape index (κ2) is 6.70. The van der Waals surface area contributed by atoms with Gasteiger partial charge in [0.25, 0.3) is 0 Å². The Hall–Kier alpha value is -1.14. The molecule has 6 nitrogen and oxygen atoms in total. The van der Waals surface area contributed by atoms with Crippen molar-refractivity contribution >= 4 is 11.9 Å². The van der Waals surface area contributed by atoms with Gasteiger partial charge in [0, 0.05) is 0 Å². The van der Waals surface area contributed by atoms with Crippen LogP contribution in [-0.2, 0) is 29.1 Å². The molecule has 0 N–H and O–H groups in total. The maximum atomic E-state index is 11.3. The highest BCUT2D eigenvalue weighted by Crippen LogP contribution is 2.16. The number of carbonyl (C=O) groups excluding carboxylic acids is 2. The first-order valence-corrected chi connectivity index (χ1v) is 5.73. The molecular weight excluding hydrogens is 240 g/mol. The van der Waals surface area contributed by atoms with E-state index >= 15 is 0 Å². The average molecular weight is 262 g/mol. The summed E-state index contributed by atoms with van der Waals surface area (Å²) in [6.45, 7) is 10.2. The van der Waals surface area contributed by atoms with Crippen LogP contribution >= 0.6 is 0 Å². The lowest BCUT2D eigenvalue weighted by Gasteiger charge is -2.15. The van der Waals surface area contributed by atoms with Gasteiger partial charge in [-0.25, -0.2) is 9.59 Å². The van der Waals surface area contributed by atoms with Gasteiger partial charge in [0.1, 0.15) is 13.2 Å². The predicted octanol–water partition coefficient (Wildman–Crippen LogP) is 2.03. The van der Waals surface area contributed by atoms with Gasteiger partial charge in [-0.3, -0.25) is 9.78 Å². The molecule has 0 saturated carbocycles. The molecule has 0 aliphatic rings. The van der Waals surface area contributed by atoms with Crippen LogP contribution in [0.2, 0.25) is 0 Å². The van der Waals surface area contributed by atoms with E-state index in [0.29, 0.717) is 0 Å². The minimum Gasteiger partial charge on any atom is -0.298 e. The zero-order chi connectivity index (χ0) is 14.4. The summed E-state index contributed by atoms with van der Waals surface area (Å²) in [6.07, 6.45) is 0. The molecule has 0 aliphatic heterocycles. The highest BCUT2D eigenvalue weighted by atomic mass is 17.2. The smallest absolute Gasteiger partial charge is 0.298 e. The molecule has 0 aromatic heterocycles. The summed E-state index contributed by atoms with van der Waals surface area (Å²) in [4.78, 5) is 40.8. The Labute approximate surface area is 107 Å². The molecule has 0 atom stereocenters. The van der Waals surface area contributed by atoms with Crippen molar-refractivity contribution in [3.8, 4) is 0 Å². The second-order valence-corrected chi connectivity index (χ2v) is 5.89. The van der Waals surface area contributed by atoms with Crippen LogP contribution in [0.1, 0.15) is 41.5 Å². The van der Waals surface area contributed by atoms with Crippen molar-refractivity contribution < 1.29 is 29.1 Å². The summed E-state index contributed by atoms with van der Waals surface area (Å²) in [5.41, 5.74) is -1.25. The van der Waals surface area contributed by atoms with Crippen molar-refractivity contribution in [1.82, 2.24) is 0 Å². The van der Waals surface area contributed by atoms with Crippen LogP contribution in [0.4, 0.5) is 0 Å². The van der Waals surface area contributed by atoms with Gasteiger partial charge in [0.05, 0.1) is 10.8 Å². The summed E-state index contributed by atoms with van der Waals surface area (Å²) < 4.78 is 0. The Morgan fingerprint density at radius 3 is 1.22 bits per heavy atom. The van der Waals surface area contributed by atoms with Gasteiger partial charge in [-0.05, 0) is 41.5 Å². The van der Waals surface area contributed by atoms with Gasteiger partial charge in [0.2, 0.25) is 0 Å². The SMILES string of the molecule is CC(C)(C)C(=O)OOCCOOC(=O)C(C)(C)C. The van der Waals surface area contributed by atoms with Crippen molar-refractivity contribution in [2.75, 3.05) is 13.2 Å². The fourth-order valence-electron chi connectivity index (χ4n) is 0.508. The lowest BCUT2D eigenvalue weighted by Crippen LogP contribution is -2.25. The number of carbonyl (C=O) groups is 2. The zero-order valence-corrected chi connectivity index (χ0v) is 11.9. The average Bonchev–Trinajstić information content (AvgIpc) is 2.19. The molecule has 0 radical (unpaired) electrons. The van der Waals surface area contributed by atoms with E-state index in [0.717, 1.165) is 0 Å². The van der Waals surface area contributed by atoms with Gasteiger partial charge in [0.15, 0.2) is 0 Å². The molecule has 0 saturated heterocycles. The summed E-state index contributed by atoms with van der Waals surface area (Å²) in [7, 11) is 0. The molecule has 0 spiro atoms. The first-order valence-electron chi connectivity index (χ1n) is 5.73. The molecule has 0 fully saturated rings. The standard InChI is InChI=1S/C12H22O6/c1-11(2,3)9(13)17-15-7-8-16-18-10(14)12(4,5)6/h7-8H2,1-6H3. The van der Waals surface area contributed by atoms with Gasteiger partial charge in [-0.1, -0.05) is 0 Å². The third kappa shape index (κ3) is 7.24. The number of rotatable bonds is 5. The predicted molar refractivity (Wildman–Crippen MR) is 63.0 cm³/mol. The van der Waals surface area contributed by atoms with Crippen molar-refractivity contribution in [1.29, 1.82) is 0 Å². The number of hydrogen-bond donors (Lipinski definition) is 0. The van der Waals surface area contributed by atoms with E-state index in [2.05, 4.69) is 19.6 Å². The van der Waals surface area contributed by atoms with Gasteiger partial charge in [-0.2, -0.15) is 9.78 Å². The van der Waals surface area contributed by atoms with E-state index in [1.165, 1.54) is 0 Å². The van der Waals surface area contributed by atoms with Crippen LogP contribution in [0.15, 0.2) is 0 Å². The highest BCUT2D eigenvalue weighted by Gasteiger charge is 2.25. The molecule has 0 rings (SSSR count). The quantitative estimate of drug-likeness (QED) is 0.429. The monoisotopic (exact) mass is 262 g/mol. The maximum Gasteiger partial charge on any atom is 0.347 e. The van der Waals surface area contributed by atoms with Crippen molar-refractivity contribution in [3.63, 3.8) is 0 Å². The lowest BCUT2D eigenvalue weighted by molar-refractivity contribution is -0.318. The third-order valence-corrected chi connectivity index (χ3v) is 1.74. The fourth-order valence-corrected chi connectivity index (χ4v) is 0.508. The molecular formula is C12H22O6. The van der Waals surface area contributed by atoms with Crippen LogP contribution in [-0.4, -0.2) is 25.2 Å².